The van der Waals surface area contributed by atoms with Crippen LogP contribution in [0.5, 0.6) is 5.75 Å². The molecule has 1 aromatic heterocycles. The van der Waals surface area contributed by atoms with Gasteiger partial charge in [-0.1, -0.05) is 48.2 Å². The minimum Gasteiger partial charge on any atom is -0.480 e. The third-order valence-corrected chi connectivity index (χ3v) is 5.59. The van der Waals surface area contributed by atoms with Gasteiger partial charge in [0.1, 0.15) is 5.82 Å². The molecular formula is C23H24F2N4O2S. The van der Waals surface area contributed by atoms with Gasteiger partial charge in [0.05, 0.1) is 11.8 Å². The van der Waals surface area contributed by atoms with Crippen molar-refractivity contribution in [2.75, 3.05) is 5.75 Å². The maximum absolute atomic E-state index is 13.9. The number of aromatic nitrogens is 3. The van der Waals surface area contributed by atoms with Crippen LogP contribution in [0.3, 0.4) is 0 Å². The molecule has 2 unspecified atom stereocenters. The summed E-state index contributed by atoms with van der Waals surface area (Å²) in [5.41, 5.74) is 1.02. The van der Waals surface area contributed by atoms with Gasteiger partial charge < -0.3 is 10.1 Å². The first-order valence-corrected chi connectivity index (χ1v) is 11.0. The molecule has 0 saturated carbocycles. The van der Waals surface area contributed by atoms with Gasteiger partial charge in [-0.05, 0) is 31.5 Å². The molecule has 0 bridgehead atoms. The van der Waals surface area contributed by atoms with E-state index in [0.717, 1.165) is 17.7 Å². The molecule has 0 aliphatic rings. The Morgan fingerprint density at radius 3 is 2.66 bits per heavy atom. The Hall–Kier alpha value is -3.20. The average molecular weight is 459 g/mol. The summed E-state index contributed by atoms with van der Waals surface area (Å²) in [4.78, 5) is 12.4. The second-order valence-corrected chi connectivity index (χ2v) is 8.01. The molecule has 0 spiro atoms. The van der Waals surface area contributed by atoms with Crippen molar-refractivity contribution in [3.05, 3.63) is 84.2 Å². The predicted molar refractivity (Wildman–Crippen MR) is 119 cm³/mol. The highest BCUT2D eigenvalue weighted by Gasteiger charge is 2.21. The second-order valence-electron chi connectivity index (χ2n) is 7.06. The zero-order chi connectivity index (χ0) is 23.1. The minimum atomic E-state index is -0.801. The van der Waals surface area contributed by atoms with Gasteiger partial charge in [-0.2, -0.15) is 0 Å². The molecule has 0 radical (unpaired) electrons. The normalized spacial score (nSPS) is 12.8. The first-order chi connectivity index (χ1) is 15.4. The Kier molecular flexibility index (Phi) is 7.99. The standard InChI is InChI=1S/C23H24F2N4O2S/c1-4-12-29-22(16(3)31-20-11-10-18(24)13-19(20)25)27-28-23(29)32-14-21(30)26-15(2)17-8-6-5-7-9-17/h4-11,13,15-16H,1,12,14H2,2-3H3,(H,26,30). The molecular weight excluding hydrogens is 434 g/mol. The van der Waals surface area contributed by atoms with Crippen molar-refractivity contribution in [3.63, 3.8) is 0 Å². The van der Waals surface area contributed by atoms with Crippen molar-refractivity contribution >= 4 is 17.7 Å². The first kappa shape index (κ1) is 23.5. The summed E-state index contributed by atoms with van der Waals surface area (Å²) in [5, 5.41) is 11.8. The van der Waals surface area contributed by atoms with Crippen LogP contribution in [-0.2, 0) is 11.3 Å². The number of ether oxygens (including phenoxy) is 1. The van der Waals surface area contributed by atoms with E-state index in [9.17, 15) is 13.6 Å². The molecule has 1 N–H and O–H groups in total. The van der Waals surface area contributed by atoms with Crippen molar-refractivity contribution in [3.8, 4) is 5.75 Å². The van der Waals surface area contributed by atoms with Crippen LogP contribution >= 0.6 is 11.8 Å². The number of nitrogens with one attached hydrogen (secondary N) is 1. The second kappa shape index (κ2) is 10.9. The molecule has 168 valence electrons. The van der Waals surface area contributed by atoms with E-state index in [4.69, 9.17) is 4.74 Å². The summed E-state index contributed by atoms with van der Waals surface area (Å²) in [6.45, 7) is 7.74. The molecule has 0 aliphatic carbocycles. The van der Waals surface area contributed by atoms with Gasteiger partial charge in [-0.25, -0.2) is 8.78 Å². The molecule has 2 atom stereocenters. The molecule has 3 aromatic rings. The summed E-state index contributed by atoms with van der Waals surface area (Å²) < 4.78 is 34.5. The largest absolute Gasteiger partial charge is 0.480 e. The van der Waals surface area contributed by atoms with Crippen LogP contribution in [-0.4, -0.2) is 26.4 Å². The Balaban J connectivity index is 1.66. The summed E-state index contributed by atoms with van der Waals surface area (Å²) >= 11 is 1.23. The zero-order valence-electron chi connectivity index (χ0n) is 17.8. The van der Waals surface area contributed by atoms with Crippen LogP contribution < -0.4 is 10.1 Å². The number of carbonyl (C=O) groups excluding carboxylic acids is 1. The highest BCUT2D eigenvalue weighted by Crippen LogP contribution is 2.27. The van der Waals surface area contributed by atoms with Gasteiger partial charge in [0.2, 0.25) is 5.91 Å². The van der Waals surface area contributed by atoms with E-state index in [1.54, 1.807) is 17.6 Å². The molecule has 0 aliphatic heterocycles. The Labute approximate surface area is 189 Å². The topological polar surface area (TPSA) is 69.0 Å². The monoisotopic (exact) mass is 458 g/mol. The Bertz CT molecular complexity index is 1080. The molecule has 1 heterocycles. The van der Waals surface area contributed by atoms with E-state index in [1.165, 1.54) is 17.8 Å². The van der Waals surface area contributed by atoms with Crippen molar-refractivity contribution in [1.82, 2.24) is 20.1 Å². The molecule has 0 saturated heterocycles. The predicted octanol–water partition coefficient (Wildman–Crippen LogP) is 4.85. The number of rotatable bonds is 10. The zero-order valence-corrected chi connectivity index (χ0v) is 18.6. The lowest BCUT2D eigenvalue weighted by molar-refractivity contribution is -0.119. The SMILES string of the molecule is C=CCn1c(SCC(=O)NC(C)c2ccccc2)nnc1C(C)Oc1ccc(F)cc1F. The van der Waals surface area contributed by atoms with Crippen LogP contribution in [0.15, 0.2) is 66.3 Å². The van der Waals surface area contributed by atoms with E-state index < -0.39 is 17.7 Å². The summed E-state index contributed by atoms with van der Waals surface area (Å²) in [5.74, 6) is -1.13. The van der Waals surface area contributed by atoms with Gasteiger partial charge in [0.25, 0.3) is 0 Å². The number of nitrogens with zero attached hydrogens (tertiary/aromatic N) is 3. The van der Waals surface area contributed by atoms with E-state index in [1.807, 2.05) is 37.3 Å². The first-order valence-electron chi connectivity index (χ1n) is 10.0. The van der Waals surface area contributed by atoms with Crippen LogP contribution in [0.1, 0.15) is 37.4 Å². The van der Waals surface area contributed by atoms with E-state index in [2.05, 4.69) is 22.1 Å². The quantitative estimate of drug-likeness (QED) is 0.347. The fourth-order valence-corrected chi connectivity index (χ4v) is 3.83. The third-order valence-electron chi connectivity index (χ3n) is 4.63. The van der Waals surface area contributed by atoms with Gasteiger partial charge in [-0.15, -0.1) is 16.8 Å². The Morgan fingerprint density at radius 1 is 1.22 bits per heavy atom. The van der Waals surface area contributed by atoms with Gasteiger partial charge in [-0.3, -0.25) is 9.36 Å². The van der Waals surface area contributed by atoms with Crippen molar-refractivity contribution in [1.29, 1.82) is 0 Å². The lowest BCUT2D eigenvalue weighted by Gasteiger charge is -2.16. The molecule has 6 nitrogen and oxygen atoms in total. The highest BCUT2D eigenvalue weighted by atomic mass is 32.2. The summed E-state index contributed by atoms with van der Waals surface area (Å²) in [6.07, 6.45) is 1.00. The molecule has 2 aromatic carbocycles. The van der Waals surface area contributed by atoms with E-state index in [0.29, 0.717) is 17.5 Å². The van der Waals surface area contributed by atoms with Crippen LogP contribution in [0.4, 0.5) is 8.78 Å². The average Bonchev–Trinajstić information content (AvgIpc) is 3.18. The van der Waals surface area contributed by atoms with Crippen LogP contribution in [0.25, 0.3) is 0 Å². The summed E-state index contributed by atoms with van der Waals surface area (Å²) in [7, 11) is 0. The maximum atomic E-state index is 13.9. The number of thioether (sulfide) groups is 1. The number of hydrogen-bond acceptors (Lipinski definition) is 5. The van der Waals surface area contributed by atoms with Gasteiger partial charge >= 0.3 is 0 Å². The van der Waals surface area contributed by atoms with Crippen molar-refractivity contribution < 1.29 is 18.3 Å². The van der Waals surface area contributed by atoms with Crippen molar-refractivity contribution in [2.45, 2.75) is 37.7 Å². The fourth-order valence-electron chi connectivity index (χ4n) is 3.06. The minimum absolute atomic E-state index is 0.0875. The molecule has 9 heteroatoms. The fraction of sp³-hybridized carbons (Fsp3) is 0.261. The van der Waals surface area contributed by atoms with Crippen molar-refractivity contribution in [2.24, 2.45) is 0 Å². The number of allylic oxidation sites excluding steroid dienone is 1. The lowest BCUT2D eigenvalue weighted by Crippen LogP contribution is -2.28. The molecule has 3 rings (SSSR count). The molecule has 32 heavy (non-hydrogen) atoms. The number of amides is 1. The number of hydrogen-bond donors (Lipinski definition) is 1. The Morgan fingerprint density at radius 2 is 1.97 bits per heavy atom. The molecule has 0 fully saturated rings. The van der Waals surface area contributed by atoms with Gasteiger partial charge in [0.15, 0.2) is 28.7 Å². The maximum Gasteiger partial charge on any atom is 0.230 e. The van der Waals surface area contributed by atoms with Crippen LogP contribution in [0.2, 0.25) is 0 Å². The molecule has 1 amide bonds. The number of carbonyl (C=O) groups is 1. The summed E-state index contributed by atoms with van der Waals surface area (Å²) in [6, 6.07) is 12.7. The lowest BCUT2D eigenvalue weighted by atomic mass is 10.1. The smallest absolute Gasteiger partial charge is 0.230 e. The van der Waals surface area contributed by atoms with E-state index in [-0.39, 0.29) is 23.5 Å². The van der Waals surface area contributed by atoms with Crippen LogP contribution in [0, 0.1) is 11.6 Å². The van der Waals surface area contributed by atoms with E-state index >= 15 is 0 Å². The van der Waals surface area contributed by atoms with Gasteiger partial charge in [0, 0.05) is 12.6 Å². The number of halogens is 2. The number of benzene rings is 2. The third kappa shape index (κ3) is 5.94. The highest BCUT2D eigenvalue weighted by molar-refractivity contribution is 7.99.